The van der Waals surface area contributed by atoms with Gasteiger partial charge in [0.05, 0.1) is 30.8 Å². The second kappa shape index (κ2) is 11.1. The molecule has 0 fully saturated rings. The van der Waals surface area contributed by atoms with E-state index in [0.29, 0.717) is 35.1 Å². The van der Waals surface area contributed by atoms with Gasteiger partial charge >= 0.3 is 0 Å². The Morgan fingerprint density at radius 2 is 1.80 bits per heavy atom. The highest BCUT2D eigenvalue weighted by Crippen LogP contribution is 2.40. The molecule has 1 N–H and O–H groups in total. The van der Waals surface area contributed by atoms with Crippen LogP contribution in [0.1, 0.15) is 46.4 Å². The molecule has 0 radical (unpaired) electrons. The fraction of sp³-hybridized carbons (Fsp3) is 0.321. The lowest BCUT2D eigenvalue weighted by Gasteiger charge is -2.42. The predicted octanol–water partition coefficient (Wildman–Crippen LogP) is 5.80. The highest BCUT2D eigenvalue weighted by atomic mass is 35.5. The van der Waals surface area contributed by atoms with Crippen LogP contribution in [0.2, 0.25) is 5.02 Å². The van der Waals surface area contributed by atoms with Gasteiger partial charge in [-0.1, -0.05) is 42.8 Å². The minimum atomic E-state index is -0.260. The van der Waals surface area contributed by atoms with E-state index in [9.17, 15) is 9.18 Å². The minimum absolute atomic E-state index is 0.125. The van der Waals surface area contributed by atoms with Gasteiger partial charge in [0.1, 0.15) is 5.82 Å². The van der Waals surface area contributed by atoms with Gasteiger partial charge in [-0.3, -0.25) is 9.69 Å². The molecular weight excluding hydrogens is 467 g/mol. The maximum Gasteiger partial charge on any atom is 0.253 e. The van der Waals surface area contributed by atoms with Crippen molar-refractivity contribution < 1.29 is 18.7 Å². The number of methoxy groups -OCH3 is 2. The summed E-state index contributed by atoms with van der Waals surface area (Å²) < 4.78 is 24.7. The van der Waals surface area contributed by atoms with Crippen LogP contribution in [0.3, 0.4) is 0 Å². The first kappa shape index (κ1) is 25.0. The first-order chi connectivity index (χ1) is 16.9. The van der Waals surface area contributed by atoms with Crippen LogP contribution >= 0.6 is 11.6 Å². The molecule has 0 saturated heterocycles. The first-order valence-electron chi connectivity index (χ1n) is 11.7. The second-order valence-electron chi connectivity index (χ2n) is 8.67. The van der Waals surface area contributed by atoms with E-state index in [4.69, 9.17) is 21.1 Å². The number of fused-ring (bicyclic) bond motifs is 1. The topological polar surface area (TPSA) is 50.8 Å². The van der Waals surface area contributed by atoms with Crippen molar-refractivity contribution >= 4 is 17.5 Å². The lowest BCUT2D eigenvalue weighted by molar-refractivity contribution is 0.0859. The number of nitrogens with one attached hydrogen (secondary N) is 1. The maximum atomic E-state index is 13.5. The third-order valence-electron chi connectivity index (χ3n) is 6.58. The molecular formula is C28H30ClFN2O3. The molecule has 4 rings (SSSR count). The number of halogens is 2. The van der Waals surface area contributed by atoms with E-state index in [1.165, 1.54) is 12.1 Å². The smallest absolute Gasteiger partial charge is 0.253 e. The van der Waals surface area contributed by atoms with Crippen LogP contribution in [0.4, 0.5) is 4.39 Å². The predicted molar refractivity (Wildman–Crippen MR) is 136 cm³/mol. The molecule has 3 aromatic carbocycles. The number of hydrogen-bond acceptors (Lipinski definition) is 4. The zero-order chi connectivity index (χ0) is 24.9. The van der Waals surface area contributed by atoms with Crippen molar-refractivity contribution in [2.75, 3.05) is 20.8 Å². The summed E-state index contributed by atoms with van der Waals surface area (Å²) in [5, 5.41) is 3.64. The van der Waals surface area contributed by atoms with Gasteiger partial charge in [-0.05, 0) is 65.9 Å². The second-order valence-corrected chi connectivity index (χ2v) is 9.07. The molecule has 184 valence electrons. The summed E-state index contributed by atoms with van der Waals surface area (Å²) in [4.78, 5) is 15.6. The van der Waals surface area contributed by atoms with Crippen molar-refractivity contribution in [3.05, 3.63) is 93.8 Å². The van der Waals surface area contributed by atoms with Crippen molar-refractivity contribution in [2.24, 2.45) is 0 Å². The summed E-state index contributed by atoms with van der Waals surface area (Å²) in [5.74, 6) is 0.860. The van der Waals surface area contributed by atoms with Crippen LogP contribution in [0, 0.1) is 5.82 Å². The van der Waals surface area contributed by atoms with E-state index >= 15 is 0 Å². The first-order valence-corrected chi connectivity index (χ1v) is 12.1. The summed E-state index contributed by atoms with van der Waals surface area (Å²) in [7, 11) is 3.25. The zero-order valence-corrected chi connectivity index (χ0v) is 20.9. The highest BCUT2D eigenvalue weighted by molar-refractivity contribution is 6.33. The number of ether oxygens (including phenoxy) is 2. The number of carbonyl (C=O) groups excluding carboxylic acids is 1. The Morgan fingerprint density at radius 1 is 1.11 bits per heavy atom. The van der Waals surface area contributed by atoms with E-state index < -0.39 is 0 Å². The number of benzene rings is 3. The third-order valence-corrected chi connectivity index (χ3v) is 6.91. The van der Waals surface area contributed by atoms with Crippen molar-refractivity contribution in [3.63, 3.8) is 0 Å². The Balaban J connectivity index is 1.73. The van der Waals surface area contributed by atoms with Gasteiger partial charge < -0.3 is 14.8 Å². The number of rotatable bonds is 8. The number of hydrogen-bond donors (Lipinski definition) is 1. The zero-order valence-electron chi connectivity index (χ0n) is 20.2. The van der Waals surface area contributed by atoms with E-state index in [1.807, 2.05) is 12.1 Å². The molecule has 0 aromatic heterocycles. The number of amides is 1. The average molecular weight is 497 g/mol. The Labute approximate surface area is 210 Å². The Bertz CT molecular complexity index is 1190. The quantitative estimate of drug-likeness (QED) is 0.428. The fourth-order valence-electron chi connectivity index (χ4n) is 4.80. The Kier molecular flexibility index (Phi) is 7.93. The van der Waals surface area contributed by atoms with Gasteiger partial charge in [-0.15, -0.1) is 0 Å². The Morgan fingerprint density at radius 3 is 2.46 bits per heavy atom. The molecule has 0 saturated carbocycles. The van der Waals surface area contributed by atoms with E-state index in [-0.39, 0.29) is 23.8 Å². The number of nitrogens with zero attached hydrogens (tertiary/aromatic N) is 1. The van der Waals surface area contributed by atoms with Crippen LogP contribution < -0.4 is 14.8 Å². The van der Waals surface area contributed by atoms with E-state index in [0.717, 1.165) is 29.7 Å². The molecule has 35 heavy (non-hydrogen) atoms. The van der Waals surface area contributed by atoms with Gasteiger partial charge in [-0.25, -0.2) is 4.39 Å². The molecule has 1 heterocycles. The lowest BCUT2D eigenvalue weighted by Crippen LogP contribution is -2.48. The van der Waals surface area contributed by atoms with Crippen LogP contribution in [0.5, 0.6) is 11.5 Å². The summed E-state index contributed by atoms with van der Waals surface area (Å²) in [6, 6.07) is 17.3. The maximum absolute atomic E-state index is 13.5. The molecule has 0 bridgehead atoms. The SMILES string of the molecule is CC[C@@H](NC(=O)c1ccccc1Cl)[C@@H]1c2cc(OC)c(OC)cc2CCN1Cc1ccc(F)cc1. The van der Waals surface area contributed by atoms with Gasteiger partial charge in [0, 0.05) is 19.1 Å². The molecule has 0 spiro atoms. The molecule has 1 aliphatic rings. The van der Waals surface area contributed by atoms with Crippen molar-refractivity contribution in [1.82, 2.24) is 10.2 Å². The molecule has 1 aliphatic heterocycles. The monoisotopic (exact) mass is 496 g/mol. The lowest BCUT2D eigenvalue weighted by atomic mass is 9.86. The largest absolute Gasteiger partial charge is 0.493 e. The normalized spacial score (nSPS) is 16.3. The standard InChI is InChI=1S/C28H30ClFN2O3/c1-4-24(31-28(33)21-7-5-6-8-23(21)29)27-22-16-26(35-3)25(34-2)15-19(22)13-14-32(27)17-18-9-11-20(30)12-10-18/h5-12,15-16,24,27H,4,13-14,17H2,1-3H3,(H,31,33)/t24-,27+/m1/s1. The van der Waals surface area contributed by atoms with Crippen LogP contribution in [0.25, 0.3) is 0 Å². The molecule has 1 amide bonds. The van der Waals surface area contributed by atoms with Crippen molar-refractivity contribution in [2.45, 2.75) is 38.4 Å². The van der Waals surface area contributed by atoms with Crippen LogP contribution in [0.15, 0.2) is 60.7 Å². The molecule has 2 atom stereocenters. The summed E-state index contributed by atoms with van der Waals surface area (Å²) in [5.41, 5.74) is 3.70. The minimum Gasteiger partial charge on any atom is -0.493 e. The summed E-state index contributed by atoms with van der Waals surface area (Å²) >= 11 is 6.30. The summed E-state index contributed by atoms with van der Waals surface area (Å²) in [6.07, 6.45) is 1.52. The Hall–Kier alpha value is -3.09. The van der Waals surface area contributed by atoms with Gasteiger partial charge in [-0.2, -0.15) is 0 Å². The molecule has 0 aliphatic carbocycles. The molecule has 3 aromatic rings. The summed E-state index contributed by atoms with van der Waals surface area (Å²) in [6.45, 7) is 3.46. The van der Waals surface area contributed by atoms with E-state index in [2.05, 4.69) is 17.1 Å². The van der Waals surface area contributed by atoms with Crippen LogP contribution in [-0.2, 0) is 13.0 Å². The van der Waals surface area contributed by atoms with Gasteiger partial charge in [0.25, 0.3) is 5.91 Å². The molecule has 5 nitrogen and oxygen atoms in total. The van der Waals surface area contributed by atoms with Gasteiger partial charge in [0.2, 0.25) is 0 Å². The van der Waals surface area contributed by atoms with Crippen molar-refractivity contribution in [3.8, 4) is 11.5 Å². The molecule has 7 heteroatoms. The number of carbonyl (C=O) groups is 1. The fourth-order valence-corrected chi connectivity index (χ4v) is 5.02. The van der Waals surface area contributed by atoms with Gasteiger partial charge in [0.15, 0.2) is 11.5 Å². The third kappa shape index (κ3) is 5.44. The van der Waals surface area contributed by atoms with Crippen molar-refractivity contribution in [1.29, 1.82) is 0 Å². The van der Waals surface area contributed by atoms with Crippen LogP contribution in [-0.4, -0.2) is 37.6 Å². The average Bonchev–Trinajstić information content (AvgIpc) is 2.88. The van der Waals surface area contributed by atoms with E-state index in [1.54, 1.807) is 50.6 Å². The molecule has 0 unspecified atom stereocenters. The highest BCUT2D eigenvalue weighted by Gasteiger charge is 2.35.